The lowest BCUT2D eigenvalue weighted by Crippen LogP contribution is -2.19. The van der Waals surface area contributed by atoms with E-state index >= 15 is 0 Å². The molecule has 0 N–H and O–H groups in total. The number of carbonyl (C=O) groups excluding carboxylic acids is 3. The molecule has 0 heterocycles. The summed E-state index contributed by atoms with van der Waals surface area (Å²) in [7, 11) is 0. The minimum Gasteiger partial charge on any atom is -0.454 e. The number of hydrogen-bond donors (Lipinski definition) is 0. The van der Waals surface area contributed by atoms with E-state index in [2.05, 4.69) is 14.2 Å². The average molecular weight is 190 g/mol. The third-order valence-corrected chi connectivity index (χ3v) is 0.853. The van der Waals surface area contributed by atoms with Crippen LogP contribution in [0.2, 0.25) is 0 Å². The van der Waals surface area contributed by atoms with E-state index in [1.54, 1.807) is 6.92 Å². The molecule has 0 amide bonds. The van der Waals surface area contributed by atoms with Crippen molar-refractivity contribution < 1.29 is 28.6 Å². The molecule has 6 heteroatoms. The maximum atomic E-state index is 10.6. The standard InChI is InChI=1S/C7H10O6/c1-3-11-7(10)13-6(9)4-12-5(2)8/h3-4H2,1-2H3. The Labute approximate surface area is 74.8 Å². The van der Waals surface area contributed by atoms with Crippen LogP contribution in [0, 0.1) is 0 Å². The predicted molar refractivity (Wildman–Crippen MR) is 39.7 cm³/mol. The third kappa shape index (κ3) is 6.79. The van der Waals surface area contributed by atoms with Gasteiger partial charge in [0.25, 0.3) is 0 Å². The molecule has 0 aromatic rings. The topological polar surface area (TPSA) is 78.9 Å². The highest BCUT2D eigenvalue weighted by Crippen LogP contribution is 1.87. The lowest BCUT2D eigenvalue weighted by Gasteiger charge is -2.02. The van der Waals surface area contributed by atoms with Crippen molar-refractivity contribution >= 4 is 18.1 Å². The molecule has 0 fully saturated rings. The second-order valence-electron chi connectivity index (χ2n) is 1.94. The summed E-state index contributed by atoms with van der Waals surface area (Å²) in [5.74, 6) is -1.59. The van der Waals surface area contributed by atoms with Crippen LogP contribution >= 0.6 is 0 Å². The summed E-state index contributed by atoms with van der Waals surface area (Å²) in [5.41, 5.74) is 0. The van der Waals surface area contributed by atoms with Gasteiger partial charge in [-0.3, -0.25) is 4.79 Å². The van der Waals surface area contributed by atoms with E-state index < -0.39 is 24.7 Å². The summed E-state index contributed by atoms with van der Waals surface area (Å²) in [4.78, 5) is 31.3. The molecule has 0 unspecified atom stereocenters. The Kier molecular flexibility index (Phi) is 5.25. The number of hydrogen-bond acceptors (Lipinski definition) is 6. The van der Waals surface area contributed by atoms with E-state index in [1.807, 2.05) is 0 Å². The number of ether oxygens (including phenoxy) is 3. The van der Waals surface area contributed by atoms with Crippen molar-refractivity contribution in [3.8, 4) is 0 Å². The largest absolute Gasteiger partial charge is 0.516 e. The van der Waals surface area contributed by atoms with Crippen molar-refractivity contribution in [2.45, 2.75) is 13.8 Å². The third-order valence-electron chi connectivity index (χ3n) is 0.853. The molecule has 0 saturated carbocycles. The fraction of sp³-hybridized carbons (Fsp3) is 0.571. The molecule has 0 rings (SSSR count). The van der Waals surface area contributed by atoms with Gasteiger partial charge in [-0.1, -0.05) is 0 Å². The molecular weight excluding hydrogens is 180 g/mol. The van der Waals surface area contributed by atoms with Gasteiger partial charge in [0.1, 0.15) is 0 Å². The zero-order chi connectivity index (χ0) is 10.3. The molecule has 0 aliphatic heterocycles. The normalized spacial score (nSPS) is 8.77. The second-order valence-corrected chi connectivity index (χ2v) is 1.94. The van der Waals surface area contributed by atoms with Crippen molar-refractivity contribution in [2.24, 2.45) is 0 Å². The first kappa shape index (κ1) is 11.4. The summed E-state index contributed by atoms with van der Waals surface area (Å²) >= 11 is 0. The Morgan fingerprint density at radius 3 is 2.23 bits per heavy atom. The van der Waals surface area contributed by atoms with Crippen molar-refractivity contribution in [3.05, 3.63) is 0 Å². The maximum absolute atomic E-state index is 10.6. The summed E-state index contributed by atoms with van der Waals surface area (Å²) in [6, 6.07) is 0. The number of rotatable bonds is 3. The Balaban J connectivity index is 3.62. The number of carbonyl (C=O) groups is 3. The van der Waals surface area contributed by atoms with Crippen LogP contribution in [-0.4, -0.2) is 31.3 Å². The highest BCUT2D eigenvalue weighted by molar-refractivity contribution is 5.83. The van der Waals surface area contributed by atoms with E-state index in [1.165, 1.54) is 0 Å². The molecule has 0 saturated heterocycles. The van der Waals surface area contributed by atoms with Crippen LogP contribution in [0.3, 0.4) is 0 Å². The van der Waals surface area contributed by atoms with Gasteiger partial charge in [-0.2, -0.15) is 0 Å². The minimum atomic E-state index is -1.10. The molecule has 0 aliphatic carbocycles. The molecule has 0 aliphatic rings. The first-order valence-electron chi connectivity index (χ1n) is 3.57. The average Bonchev–Trinajstić information content (AvgIpc) is 2.01. The molecule has 6 nitrogen and oxygen atoms in total. The quantitative estimate of drug-likeness (QED) is 0.468. The van der Waals surface area contributed by atoms with Crippen LogP contribution < -0.4 is 0 Å². The first-order valence-corrected chi connectivity index (χ1v) is 3.57. The van der Waals surface area contributed by atoms with E-state index in [-0.39, 0.29) is 6.61 Å². The molecule has 0 radical (unpaired) electrons. The fourth-order valence-corrected chi connectivity index (χ4v) is 0.430. The molecule has 74 valence electrons. The molecule has 0 spiro atoms. The van der Waals surface area contributed by atoms with E-state index in [4.69, 9.17) is 0 Å². The Morgan fingerprint density at radius 2 is 1.77 bits per heavy atom. The zero-order valence-electron chi connectivity index (χ0n) is 7.36. The van der Waals surface area contributed by atoms with Gasteiger partial charge in [0.05, 0.1) is 6.61 Å². The highest BCUT2D eigenvalue weighted by atomic mass is 16.7. The van der Waals surface area contributed by atoms with Crippen LogP contribution in [0.5, 0.6) is 0 Å². The van der Waals surface area contributed by atoms with Crippen LogP contribution in [0.4, 0.5) is 4.79 Å². The van der Waals surface area contributed by atoms with Gasteiger partial charge in [0.2, 0.25) is 0 Å². The van der Waals surface area contributed by atoms with E-state index in [0.29, 0.717) is 0 Å². The SMILES string of the molecule is CCOC(=O)OC(=O)COC(C)=O. The minimum absolute atomic E-state index is 0.111. The maximum Gasteiger partial charge on any atom is 0.516 e. The Morgan fingerprint density at radius 1 is 1.15 bits per heavy atom. The van der Waals surface area contributed by atoms with Gasteiger partial charge in [-0.15, -0.1) is 0 Å². The molecule has 0 aromatic heterocycles. The van der Waals surface area contributed by atoms with Gasteiger partial charge in [0, 0.05) is 6.92 Å². The smallest absolute Gasteiger partial charge is 0.454 e. The van der Waals surface area contributed by atoms with Crippen LogP contribution in [0.15, 0.2) is 0 Å². The lowest BCUT2D eigenvalue weighted by molar-refractivity contribution is -0.155. The molecule has 13 heavy (non-hydrogen) atoms. The van der Waals surface area contributed by atoms with E-state index in [9.17, 15) is 14.4 Å². The lowest BCUT2D eigenvalue weighted by atomic mass is 10.7. The molecular formula is C7H10O6. The van der Waals surface area contributed by atoms with Gasteiger partial charge in [-0.25, -0.2) is 9.59 Å². The van der Waals surface area contributed by atoms with Gasteiger partial charge < -0.3 is 14.2 Å². The predicted octanol–water partition coefficient (Wildman–Crippen LogP) is 0.249. The Bertz CT molecular complexity index is 209. The van der Waals surface area contributed by atoms with Gasteiger partial charge >= 0.3 is 18.1 Å². The van der Waals surface area contributed by atoms with Crippen molar-refractivity contribution in [3.63, 3.8) is 0 Å². The fourth-order valence-electron chi connectivity index (χ4n) is 0.430. The Hall–Kier alpha value is -1.59. The highest BCUT2D eigenvalue weighted by Gasteiger charge is 2.11. The summed E-state index contributed by atoms with van der Waals surface area (Å²) in [5, 5.41) is 0. The van der Waals surface area contributed by atoms with Gasteiger partial charge in [-0.05, 0) is 6.92 Å². The first-order chi connectivity index (χ1) is 6.06. The van der Waals surface area contributed by atoms with Crippen LogP contribution in [0.25, 0.3) is 0 Å². The zero-order valence-corrected chi connectivity index (χ0v) is 7.36. The summed E-state index contributed by atoms with van der Waals surface area (Å²) in [6.07, 6.45) is -1.10. The second kappa shape index (κ2) is 5.99. The van der Waals surface area contributed by atoms with E-state index in [0.717, 1.165) is 6.92 Å². The van der Waals surface area contributed by atoms with Crippen molar-refractivity contribution in [2.75, 3.05) is 13.2 Å². The van der Waals surface area contributed by atoms with Crippen molar-refractivity contribution in [1.82, 2.24) is 0 Å². The van der Waals surface area contributed by atoms with Crippen LogP contribution in [0.1, 0.15) is 13.8 Å². The molecule has 0 atom stereocenters. The van der Waals surface area contributed by atoms with Gasteiger partial charge in [0.15, 0.2) is 6.61 Å². The summed E-state index contributed by atoms with van der Waals surface area (Å²) in [6.45, 7) is 2.23. The summed E-state index contributed by atoms with van der Waals surface area (Å²) < 4.78 is 12.6. The molecule has 0 bridgehead atoms. The van der Waals surface area contributed by atoms with Crippen molar-refractivity contribution in [1.29, 1.82) is 0 Å². The number of esters is 2. The van der Waals surface area contributed by atoms with Crippen LogP contribution in [-0.2, 0) is 23.8 Å². The molecule has 0 aromatic carbocycles. The monoisotopic (exact) mass is 190 g/mol.